The molecule has 0 aromatic carbocycles. The first-order chi connectivity index (χ1) is 8.75. The van der Waals surface area contributed by atoms with E-state index in [1.807, 2.05) is 30.2 Å². The molecule has 3 rings (SSSR count). The average Bonchev–Trinajstić information content (AvgIpc) is 3.00. The van der Waals surface area contributed by atoms with Crippen LogP contribution in [0.25, 0.3) is 11.0 Å². The lowest BCUT2D eigenvalue weighted by atomic mass is 10.2. The van der Waals surface area contributed by atoms with Crippen molar-refractivity contribution in [2.75, 3.05) is 25.0 Å². The van der Waals surface area contributed by atoms with E-state index in [2.05, 4.69) is 27.2 Å². The van der Waals surface area contributed by atoms with Crippen LogP contribution in [0.4, 0.5) is 5.82 Å². The first-order valence-corrected chi connectivity index (χ1v) is 6.46. The second-order valence-corrected chi connectivity index (χ2v) is 5.03. The number of hydrogen-bond acceptors (Lipinski definition) is 4. The number of rotatable bonds is 3. The maximum atomic E-state index is 4.48. The number of hydrogen-bond donors (Lipinski definition) is 1. The van der Waals surface area contributed by atoms with E-state index < -0.39 is 0 Å². The van der Waals surface area contributed by atoms with Gasteiger partial charge in [0.05, 0.1) is 11.8 Å². The van der Waals surface area contributed by atoms with Crippen LogP contribution >= 0.6 is 0 Å². The van der Waals surface area contributed by atoms with Crippen LogP contribution in [0, 0.1) is 0 Å². The molecule has 1 N–H and O–H groups in total. The molecule has 1 aliphatic heterocycles. The van der Waals surface area contributed by atoms with E-state index in [0.29, 0.717) is 6.04 Å². The van der Waals surface area contributed by atoms with Gasteiger partial charge in [-0.3, -0.25) is 0 Å². The molecule has 5 heteroatoms. The fourth-order valence-electron chi connectivity index (χ4n) is 2.66. The Hall–Kier alpha value is -1.62. The molecule has 96 valence electrons. The van der Waals surface area contributed by atoms with E-state index in [-0.39, 0.29) is 0 Å². The summed E-state index contributed by atoms with van der Waals surface area (Å²) in [6.45, 7) is 2.13. The van der Waals surface area contributed by atoms with E-state index in [0.717, 1.165) is 29.9 Å². The van der Waals surface area contributed by atoms with E-state index in [4.69, 9.17) is 0 Å². The first kappa shape index (κ1) is 11.5. The monoisotopic (exact) mass is 245 g/mol. The zero-order valence-corrected chi connectivity index (χ0v) is 10.9. The van der Waals surface area contributed by atoms with E-state index in [1.54, 1.807) is 0 Å². The second-order valence-electron chi connectivity index (χ2n) is 5.03. The maximum Gasteiger partial charge on any atom is 0.156 e. The van der Waals surface area contributed by atoms with E-state index in [1.165, 1.54) is 12.8 Å². The lowest BCUT2D eigenvalue weighted by Crippen LogP contribution is -2.35. The predicted molar refractivity (Wildman–Crippen MR) is 72.8 cm³/mol. The molecule has 1 atom stereocenters. The first-order valence-electron chi connectivity index (χ1n) is 6.46. The van der Waals surface area contributed by atoms with Crippen molar-refractivity contribution < 1.29 is 0 Å². The Balaban J connectivity index is 1.88. The van der Waals surface area contributed by atoms with Crippen LogP contribution in [0.5, 0.6) is 0 Å². The predicted octanol–water partition coefficient (Wildman–Crippen LogP) is 1.16. The van der Waals surface area contributed by atoms with Crippen LogP contribution in [-0.2, 0) is 7.05 Å². The van der Waals surface area contributed by atoms with Crippen LogP contribution in [0.3, 0.4) is 0 Å². The van der Waals surface area contributed by atoms with Gasteiger partial charge in [-0.25, -0.2) is 9.97 Å². The van der Waals surface area contributed by atoms with Gasteiger partial charge in [-0.1, -0.05) is 0 Å². The number of anilines is 1. The second kappa shape index (κ2) is 4.57. The van der Waals surface area contributed by atoms with Crippen molar-refractivity contribution in [3.8, 4) is 0 Å². The Morgan fingerprint density at radius 2 is 2.39 bits per heavy atom. The average molecular weight is 245 g/mol. The van der Waals surface area contributed by atoms with Gasteiger partial charge >= 0.3 is 0 Å². The number of aromatic nitrogens is 3. The summed E-state index contributed by atoms with van der Waals surface area (Å²) in [5.74, 6) is 0.974. The lowest BCUT2D eigenvalue weighted by molar-refractivity contribution is 0.598. The molecule has 0 bridgehead atoms. The van der Waals surface area contributed by atoms with Gasteiger partial charge in [-0.05, 0) is 25.5 Å². The smallest absolute Gasteiger partial charge is 0.156 e. The van der Waals surface area contributed by atoms with Crippen molar-refractivity contribution in [2.24, 2.45) is 7.05 Å². The minimum Gasteiger partial charge on any atom is -0.356 e. The van der Waals surface area contributed by atoms with Gasteiger partial charge < -0.3 is 14.8 Å². The molecular weight excluding hydrogens is 226 g/mol. The molecule has 3 heterocycles. The fraction of sp³-hybridized carbons (Fsp3) is 0.538. The summed E-state index contributed by atoms with van der Waals surface area (Å²) in [5.41, 5.74) is 2.12. The summed E-state index contributed by atoms with van der Waals surface area (Å²) in [6, 6.07) is 2.59. The van der Waals surface area contributed by atoms with E-state index in [9.17, 15) is 0 Å². The number of fused-ring (bicyclic) bond motifs is 1. The number of imidazole rings is 1. The third-order valence-corrected chi connectivity index (χ3v) is 3.64. The molecule has 2 aromatic rings. The molecule has 0 saturated carbocycles. The van der Waals surface area contributed by atoms with Crippen molar-refractivity contribution in [3.63, 3.8) is 0 Å². The molecule has 1 aliphatic rings. The molecule has 0 radical (unpaired) electrons. The van der Waals surface area contributed by atoms with Crippen LogP contribution in [0.1, 0.15) is 12.8 Å². The highest BCUT2D eigenvalue weighted by Crippen LogP contribution is 2.22. The number of nitrogens with zero attached hydrogens (tertiary/aromatic N) is 4. The summed E-state index contributed by atoms with van der Waals surface area (Å²) >= 11 is 0. The molecule has 0 aliphatic carbocycles. The topological polar surface area (TPSA) is 46.0 Å². The Kier molecular flexibility index (Phi) is 2.91. The quantitative estimate of drug-likeness (QED) is 0.881. The maximum absolute atomic E-state index is 4.48. The summed E-state index contributed by atoms with van der Waals surface area (Å²) in [7, 11) is 4.11. The number of nitrogens with one attached hydrogen (secondary N) is 1. The van der Waals surface area contributed by atoms with Gasteiger partial charge in [0.25, 0.3) is 0 Å². The van der Waals surface area contributed by atoms with Gasteiger partial charge in [0.1, 0.15) is 5.52 Å². The number of pyridine rings is 1. The standard InChI is InChI=1S/C13H19N5/c1-17(8-10-4-3-6-14-10)13-12-11(5-7-15-13)18(2)9-16-12/h5,7,9-10,14H,3-4,6,8H2,1-2H3. The molecule has 0 amide bonds. The summed E-state index contributed by atoms with van der Waals surface area (Å²) in [5, 5.41) is 3.52. The fourth-order valence-corrected chi connectivity index (χ4v) is 2.66. The summed E-state index contributed by atoms with van der Waals surface area (Å²) < 4.78 is 2.03. The molecule has 0 spiro atoms. The normalized spacial score (nSPS) is 19.6. The molecule has 1 fully saturated rings. The minimum atomic E-state index is 0.579. The Morgan fingerprint density at radius 3 is 3.17 bits per heavy atom. The highest BCUT2D eigenvalue weighted by Gasteiger charge is 2.18. The van der Waals surface area contributed by atoms with Crippen LogP contribution < -0.4 is 10.2 Å². The Morgan fingerprint density at radius 1 is 1.50 bits per heavy atom. The number of aryl methyl sites for hydroxylation is 1. The summed E-state index contributed by atoms with van der Waals surface area (Å²) in [6.07, 6.45) is 6.23. The highest BCUT2D eigenvalue weighted by molar-refractivity contribution is 5.86. The van der Waals surface area contributed by atoms with Crippen LogP contribution in [-0.4, -0.2) is 40.7 Å². The SMILES string of the molecule is CN(CC1CCCN1)c1nccc2c1ncn2C. The largest absolute Gasteiger partial charge is 0.356 e. The van der Waals surface area contributed by atoms with Gasteiger partial charge in [0.15, 0.2) is 5.82 Å². The van der Waals surface area contributed by atoms with Gasteiger partial charge in [0.2, 0.25) is 0 Å². The van der Waals surface area contributed by atoms with E-state index >= 15 is 0 Å². The van der Waals surface area contributed by atoms with Crippen molar-refractivity contribution in [2.45, 2.75) is 18.9 Å². The van der Waals surface area contributed by atoms with Crippen LogP contribution in [0.15, 0.2) is 18.6 Å². The minimum absolute atomic E-state index is 0.579. The number of likely N-dealkylation sites (N-methyl/N-ethyl adjacent to an activating group) is 1. The third kappa shape index (κ3) is 1.95. The molecule has 18 heavy (non-hydrogen) atoms. The molecule has 1 saturated heterocycles. The zero-order chi connectivity index (χ0) is 12.5. The van der Waals surface area contributed by atoms with Crippen molar-refractivity contribution in [1.82, 2.24) is 19.9 Å². The molecule has 2 aromatic heterocycles. The Bertz CT molecular complexity index is 541. The molecule has 1 unspecified atom stereocenters. The van der Waals surface area contributed by atoms with Gasteiger partial charge in [0, 0.05) is 32.9 Å². The van der Waals surface area contributed by atoms with Gasteiger partial charge in [-0.2, -0.15) is 0 Å². The zero-order valence-electron chi connectivity index (χ0n) is 10.9. The van der Waals surface area contributed by atoms with Crippen molar-refractivity contribution in [1.29, 1.82) is 0 Å². The highest BCUT2D eigenvalue weighted by atomic mass is 15.2. The third-order valence-electron chi connectivity index (χ3n) is 3.64. The summed E-state index contributed by atoms with van der Waals surface area (Å²) in [4.78, 5) is 11.1. The molecular formula is C13H19N5. The van der Waals surface area contributed by atoms with Gasteiger partial charge in [-0.15, -0.1) is 0 Å². The van der Waals surface area contributed by atoms with Crippen molar-refractivity contribution in [3.05, 3.63) is 18.6 Å². The van der Waals surface area contributed by atoms with Crippen LogP contribution in [0.2, 0.25) is 0 Å². The molecule has 5 nitrogen and oxygen atoms in total. The lowest BCUT2D eigenvalue weighted by Gasteiger charge is -2.22. The van der Waals surface area contributed by atoms with Crippen molar-refractivity contribution >= 4 is 16.9 Å². The Labute approximate surface area is 107 Å².